The third kappa shape index (κ3) is 2.53. The van der Waals surface area contributed by atoms with Gasteiger partial charge in [0.05, 0.1) is 0 Å². The van der Waals surface area contributed by atoms with Crippen molar-refractivity contribution in [3.05, 3.63) is 0 Å². The number of nitrogens with one attached hydrogen (secondary N) is 2. The molecule has 0 saturated carbocycles. The Bertz CT molecular complexity index is 154. The van der Waals surface area contributed by atoms with Crippen LogP contribution in [0.1, 0.15) is 6.42 Å². The maximum atomic E-state index is 11.1. The van der Waals surface area contributed by atoms with E-state index in [-0.39, 0.29) is 18.4 Å². The minimum absolute atomic E-state index is 0. The first-order valence-corrected chi connectivity index (χ1v) is 3.92. The van der Waals surface area contributed by atoms with Crippen LogP contribution in [0.25, 0.3) is 0 Å². The molecule has 0 bridgehead atoms. The van der Waals surface area contributed by atoms with E-state index in [4.69, 9.17) is 0 Å². The van der Waals surface area contributed by atoms with Gasteiger partial charge in [-0.1, -0.05) is 0 Å². The van der Waals surface area contributed by atoms with E-state index in [0.717, 1.165) is 19.5 Å². The molecule has 1 aliphatic rings. The van der Waals surface area contributed by atoms with Gasteiger partial charge in [-0.3, -0.25) is 0 Å². The quantitative estimate of drug-likeness (QED) is 0.618. The number of hydrogen-bond acceptors (Lipinski definition) is 2. The van der Waals surface area contributed by atoms with Crippen molar-refractivity contribution in [1.82, 2.24) is 15.5 Å². The summed E-state index contributed by atoms with van der Waals surface area (Å²) in [6.07, 6.45) is 1.06. The maximum Gasteiger partial charge on any atom is 0.317 e. The van der Waals surface area contributed by atoms with Gasteiger partial charge in [0.15, 0.2) is 0 Å². The van der Waals surface area contributed by atoms with E-state index in [9.17, 15) is 4.79 Å². The summed E-state index contributed by atoms with van der Waals surface area (Å²) in [5.74, 6) is 0. The molecule has 0 aromatic rings. The average Bonchev–Trinajstić information content (AvgIpc) is 2.50. The minimum atomic E-state index is 0. The molecule has 12 heavy (non-hydrogen) atoms. The Balaban J connectivity index is 0.00000121. The zero-order valence-corrected chi connectivity index (χ0v) is 8.28. The van der Waals surface area contributed by atoms with Crippen LogP contribution in [0.5, 0.6) is 0 Å². The average molecular weight is 194 g/mol. The maximum absolute atomic E-state index is 11.1. The molecule has 2 amide bonds. The molecule has 5 heteroatoms. The Labute approximate surface area is 79.1 Å². The summed E-state index contributed by atoms with van der Waals surface area (Å²) in [7, 11) is 3.59. The lowest BCUT2D eigenvalue weighted by Gasteiger charge is -2.14. The second kappa shape index (κ2) is 5.22. The molecule has 0 spiro atoms. The number of rotatable bonds is 1. The van der Waals surface area contributed by atoms with E-state index in [0.29, 0.717) is 6.04 Å². The summed E-state index contributed by atoms with van der Waals surface area (Å²) < 4.78 is 0. The molecule has 0 radical (unpaired) electrons. The van der Waals surface area contributed by atoms with E-state index < -0.39 is 0 Å². The number of carbonyl (C=O) groups is 1. The van der Waals surface area contributed by atoms with Gasteiger partial charge in [0.25, 0.3) is 0 Å². The van der Waals surface area contributed by atoms with Gasteiger partial charge in [0.1, 0.15) is 0 Å². The topological polar surface area (TPSA) is 44.4 Å². The fraction of sp³-hybridized carbons (Fsp3) is 0.857. The molecule has 2 N–H and O–H groups in total. The first-order chi connectivity index (χ1) is 5.27. The molecule has 4 nitrogen and oxygen atoms in total. The van der Waals surface area contributed by atoms with Crippen molar-refractivity contribution in [1.29, 1.82) is 0 Å². The Morgan fingerprint density at radius 3 is 2.58 bits per heavy atom. The van der Waals surface area contributed by atoms with Crippen LogP contribution in [0.3, 0.4) is 0 Å². The highest BCUT2D eigenvalue weighted by molar-refractivity contribution is 5.85. The van der Waals surface area contributed by atoms with Gasteiger partial charge < -0.3 is 15.5 Å². The number of hydrogen-bond donors (Lipinski definition) is 2. The lowest BCUT2D eigenvalue weighted by atomic mass is 10.3. The molecule has 1 unspecified atom stereocenters. The van der Waals surface area contributed by atoms with Crippen molar-refractivity contribution in [3.8, 4) is 0 Å². The molecule has 0 aromatic carbocycles. The number of nitrogens with zero attached hydrogens (tertiary/aromatic N) is 1. The largest absolute Gasteiger partial charge is 0.341 e. The Kier molecular flexibility index (Phi) is 5.01. The van der Waals surface area contributed by atoms with E-state index in [1.165, 1.54) is 0 Å². The Hall–Kier alpha value is -0.480. The third-order valence-electron chi connectivity index (χ3n) is 2.10. The molecule has 1 atom stereocenters. The molecule has 1 saturated heterocycles. The van der Waals surface area contributed by atoms with Gasteiger partial charge in [0, 0.05) is 26.2 Å². The number of urea groups is 1. The van der Waals surface area contributed by atoms with Crippen molar-refractivity contribution < 1.29 is 4.79 Å². The normalized spacial score (nSPS) is 21.8. The monoisotopic (exact) mass is 193 g/mol. The molecule has 72 valence electrons. The molecular weight excluding hydrogens is 178 g/mol. The number of carbonyl (C=O) groups excluding carboxylic acids is 1. The van der Waals surface area contributed by atoms with Crippen molar-refractivity contribution in [3.63, 3.8) is 0 Å². The Morgan fingerprint density at radius 1 is 1.50 bits per heavy atom. The third-order valence-corrected chi connectivity index (χ3v) is 2.10. The van der Waals surface area contributed by atoms with Gasteiger partial charge in [-0.2, -0.15) is 0 Å². The predicted molar refractivity (Wildman–Crippen MR) is 50.7 cm³/mol. The lowest BCUT2D eigenvalue weighted by molar-refractivity contribution is 0.210. The van der Waals surface area contributed by atoms with E-state index in [2.05, 4.69) is 10.6 Å². The van der Waals surface area contributed by atoms with Gasteiger partial charge in [0.2, 0.25) is 0 Å². The van der Waals surface area contributed by atoms with E-state index in [1.807, 2.05) is 11.9 Å². The number of likely N-dealkylation sites (N-methyl/N-ethyl adjacent to an activating group) is 1. The van der Waals surface area contributed by atoms with Crippen LogP contribution in [0, 0.1) is 0 Å². The first kappa shape index (κ1) is 11.5. The summed E-state index contributed by atoms with van der Waals surface area (Å²) >= 11 is 0. The van der Waals surface area contributed by atoms with Crippen molar-refractivity contribution >= 4 is 18.4 Å². The fourth-order valence-corrected chi connectivity index (χ4v) is 1.34. The zero-order chi connectivity index (χ0) is 8.27. The number of halogens is 1. The van der Waals surface area contributed by atoms with Gasteiger partial charge in [-0.25, -0.2) is 4.79 Å². The van der Waals surface area contributed by atoms with Crippen molar-refractivity contribution in [2.45, 2.75) is 12.5 Å². The van der Waals surface area contributed by atoms with Crippen LogP contribution >= 0.6 is 12.4 Å². The highest BCUT2D eigenvalue weighted by Gasteiger charge is 2.23. The summed E-state index contributed by atoms with van der Waals surface area (Å²) in [6, 6.07) is 0.509. The molecule has 1 heterocycles. The van der Waals surface area contributed by atoms with Crippen molar-refractivity contribution in [2.24, 2.45) is 0 Å². The van der Waals surface area contributed by atoms with E-state index >= 15 is 0 Å². The van der Waals surface area contributed by atoms with Gasteiger partial charge >= 0.3 is 6.03 Å². The number of amides is 2. The molecule has 1 aliphatic heterocycles. The van der Waals surface area contributed by atoms with Gasteiger partial charge in [-0.05, 0) is 13.5 Å². The zero-order valence-electron chi connectivity index (χ0n) is 7.46. The highest BCUT2D eigenvalue weighted by atomic mass is 35.5. The second-order valence-corrected chi connectivity index (χ2v) is 2.78. The van der Waals surface area contributed by atoms with Crippen LogP contribution in [-0.4, -0.2) is 44.2 Å². The van der Waals surface area contributed by atoms with Crippen LogP contribution in [0.2, 0.25) is 0 Å². The predicted octanol–water partition coefficient (Wildman–Crippen LogP) is 0.0413. The minimum Gasteiger partial charge on any atom is -0.341 e. The SMILES string of the molecule is CNC(=O)N1CCC(NC)C1.Cl. The van der Waals surface area contributed by atoms with Crippen LogP contribution in [0.15, 0.2) is 0 Å². The van der Waals surface area contributed by atoms with Crippen LogP contribution in [-0.2, 0) is 0 Å². The second-order valence-electron chi connectivity index (χ2n) is 2.78. The summed E-state index contributed by atoms with van der Waals surface area (Å²) in [6.45, 7) is 1.70. The Morgan fingerprint density at radius 2 is 2.17 bits per heavy atom. The van der Waals surface area contributed by atoms with Crippen LogP contribution < -0.4 is 10.6 Å². The summed E-state index contributed by atoms with van der Waals surface area (Å²) in [5, 5.41) is 5.76. The van der Waals surface area contributed by atoms with E-state index in [1.54, 1.807) is 7.05 Å². The van der Waals surface area contributed by atoms with Gasteiger partial charge in [-0.15, -0.1) is 12.4 Å². The number of likely N-dealkylation sites (tertiary alicyclic amines) is 1. The summed E-state index contributed by atoms with van der Waals surface area (Å²) in [5.41, 5.74) is 0. The van der Waals surface area contributed by atoms with Crippen molar-refractivity contribution in [2.75, 3.05) is 27.2 Å². The fourth-order valence-electron chi connectivity index (χ4n) is 1.34. The van der Waals surface area contributed by atoms with Crippen LogP contribution in [0.4, 0.5) is 4.79 Å². The molecular formula is C7H16ClN3O. The standard InChI is InChI=1S/C7H15N3O.ClH/c1-8-6-3-4-10(5-6)7(11)9-2;/h6,8H,3-5H2,1-2H3,(H,9,11);1H. The molecule has 0 aliphatic carbocycles. The molecule has 0 aromatic heterocycles. The highest BCUT2D eigenvalue weighted by Crippen LogP contribution is 2.07. The lowest BCUT2D eigenvalue weighted by Crippen LogP contribution is -2.38. The molecule has 1 rings (SSSR count). The summed E-state index contributed by atoms with van der Waals surface area (Å²) in [4.78, 5) is 12.9. The first-order valence-electron chi connectivity index (χ1n) is 3.92. The smallest absolute Gasteiger partial charge is 0.317 e. The molecule has 1 fully saturated rings.